The number of benzene rings is 2. The van der Waals surface area contributed by atoms with Crippen LogP contribution in [0.4, 0.5) is 10.1 Å². The number of rotatable bonds is 3. The lowest BCUT2D eigenvalue weighted by molar-refractivity contribution is 0.618. The molecule has 3 rings (SSSR count). The van der Waals surface area contributed by atoms with Gasteiger partial charge < -0.3 is 5.73 Å². The molecule has 0 amide bonds. The highest BCUT2D eigenvalue weighted by molar-refractivity contribution is 9.10. The van der Waals surface area contributed by atoms with Gasteiger partial charge in [0, 0.05) is 21.9 Å². The Morgan fingerprint density at radius 1 is 1.10 bits per heavy atom. The summed E-state index contributed by atoms with van der Waals surface area (Å²) in [5.41, 5.74) is 9.32. The van der Waals surface area contributed by atoms with E-state index >= 15 is 0 Å². The van der Waals surface area contributed by atoms with Gasteiger partial charge in [0.15, 0.2) is 0 Å². The van der Waals surface area contributed by atoms with E-state index in [2.05, 4.69) is 21.0 Å². The third-order valence-electron chi connectivity index (χ3n) is 3.14. The van der Waals surface area contributed by atoms with E-state index in [9.17, 15) is 4.39 Å². The molecule has 21 heavy (non-hydrogen) atoms. The predicted octanol–water partition coefficient (Wildman–Crippen LogP) is 4.08. The minimum Gasteiger partial charge on any atom is -0.399 e. The number of hydrogen-bond donors (Lipinski definition) is 1. The fraction of sp³-hybridized carbons (Fsp3) is 0.0625. The van der Waals surface area contributed by atoms with E-state index in [1.807, 2.05) is 36.5 Å². The van der Waals surface area contributed by atoms with Crippen LogP contribution < -0.4 is 5.73 Å². The van der Waals surface area contributed by atoms with E-state index in [4.69, 9.17) is 5.73 Å². The molecule has 0 spiro atoms. The summed E-state index contributed by atoms with van der Waals surface area (Å²) in [6.45, 7) is 0.519. The van der Waals surface area contributed by atoms with Gasteiger partial charge in [0.1, 0.15) is 5.82 Å². The molecule has 0 aliphatic carbocycles. The second kappa shape index (κ2) is 5.69. The zero-order valence-corrected chi connectivity index (χ0v) is 12.7. The minimum absolute atomic E-state index is 0.259. The van der Waals surface area contributed by atoms with Gasteiger partial charge in [-0.3, -0.25) is 4.68 Å². The Bertz CT molecular complexity index is 745. The molecule has 2 N–H and O–H groups in total. The first-order valence-electron chi connectivity index (χ1n) is 6.43. The number of hydrogen-bond acceptors (Lipinski definition) is 2. The second-order valence-electron chi connectivity index (χ2n) is 4.83. The molecule has 1 aromatic heterocycles. The van der Waals surface area contributed by atoms with Crippen molar-refractivity contribution in [1.82, 2.24) is 9.78 Å². The van der Waals surface area contributed by atoms with Crippen molar-refractivity contribution in [1.29, 1.82) is 0 Å². The molecule has 0 fully saturated rings. The van der Waals surface area contributed by atoms with Crippen molar-refractivity contribution in [2.24, 2.45) is 0 Å². The molecule has 0 radical (unpaired) electrons. The third kappa shape index (κ3) is 3.31. The van der Waals surface area contributed by atoms with E-state index in [0.29, 0.717) is 6.54 Å². The molecule has 0 unspecified atom stereocenters. The molecule has 0 aliphatic rings. The van der Waals surface area contributed by atoms with Crippen molar-refractivity contribution in [2.75, 3.05) is 5.73 Å². The molecule has 0 saturated heterocycles. The summed E-state index contributed by atoms with van der Waals surface area (Å²) in [4.78, 5) is 0. The lowest BCUT2D eigenvalue weighted by atomic mass is 10.1. The van der Waals surface area contributed by atoms with Crippen molar-refractivity contribution < 1.29 is 4.39 Å². The Morgan fingerprint density at radius 2 is 1.86 bits per heavy atom. The van der Waals surface area contributed by atoms with Gasteiger partial charge in [-0.05, 0) is 41.5 Å². The van der Waals surface area contributed by atoms with Crippen LogP contribution in [0.25, 0.3) is 11.1 Å². The number of halogens is 2. The van der Waals surface area contributed by atoms with Crippen LogP contribution in [0.5, 0.6) is 0 Å². The summed E-state index contributed by atoms with van der Waals surface area (Å²) in [5, 5.41) is 4.32. The van der Waals surface area contributed by atoms with Crippen molar-refractivity contribution in [3.8, 4) is 11.1 Å². The zero-order valence-electron chi connectivity index (χ0n) is 11.1. The smallest absolute Gasteiger partial charge is 0.124 e. The van der Waals surface area contributed by atoms with Crippen LogP contribution in [0.3, 0.4) is 0 Å². The van der Waals surface area contributed by atoms with Crippen LogP contribution >= 0.6 is 15.9 Å². The summed E-state index contributed by atoms with van der Waals surface area (Å²) < 4.78 is 15.9. The van der Waals surface area contributed by atoms with E-state index < -0.39 is 0 Å². The summed E-state index contributed by atoms with van der Waals surface area (Å²) in [7, 11) is 0. The quantitative estimate of drug-likeness (QED) is 0.726. The van der Waals surface area contributed by atoms with Gasteiger partial charge in [-0.2, -0.15) is 5.10 Å². The summed E-state index contributed by atoms with van der Waals surface area (Å²) >= 11 is 3.29. The highest BCUT2D eigenvalue weighted by atomic mass is 79.9. The molecule has 106 valence electrons. The van der Waals surface area contributed by atoms with Crippen LogP contribution in [0.2, 0.25) is 0 Å². The molecule has 2 aromatic carbocycles. The molecule has 1 heterocycles. The summed E-state index contributed by atoms with van der Waals surface area (Å²) in [6, 6.07) is 12.5. The molecular formula is C16H13BrFN3. The van der Waals surface area contributed by atoms with Gasteiger partial charge in [0.25, 0.3) is 0 Å². The fourth-order valence-electron chi connectivity index (χ4n) is 2.16. The molecule has 0 atom stereocenters. The highest BCUT2D eigenvalue weighted by Crippen LogP contribution is 2.21. The predicted molar refractivity (Wildman–Crippen MR) is 85.3 cm³/mol. The minimum atomic E-state index is -0.259. The molecule has 3 nitrogen and oxygen atoms in total. The van der Waals surface area contributed by atoms with Crippen molar-refractivity contribution in [2.45, 2.75) is 6.54 Å². The lowest BCUT2D eigenvalue weighted by Gasteiger charge is -2.03. The Balaban J connectivity index is 1.83. The number of nitrogens with zero attached hydrogens (tertiary/aromatic N) is 2. The highest BCUT2D eigenvalue weighted by Gasteiger charge is 2.04. The van der Waals surface area contributed by atoms with E-state index in [1.54, 1.807) is 10.9 Å². The average molecular weight is 346 g/mol. The Hall–Kier alpha value is -2.14. The first-order valence-corrected chi connectivity index (χ1v) is 7.23. The maximum absolute atomic E-state index is 13.4. The van der Waals surface area contributed by atoms with Crippen LogP contribution in [-0.2, 0) is 6.54 Å². The van der Waals surface area contributed by atoms with Crippen LogP contribution in [0.1, 0.15) is 5.56 Å². The van der Waals surface area contributed by atoms with Crippen molar-refractivity contribution in [3.05, 3.63) is 70.7 Å². The number of nitrogen functional groups attached to an aromatic ring is 1. The molecular weight excluding hydrogens is 333 g/mol. The largest absolute Gasteiger partial charge is 0.399 e. The average Bonchev–Trinajstić information content (AvgIpc) is 2.87. The van der Waals surface area contributed by atoms with Gasteiger partial charge in [0.2, 0.25) is 0 Å². The number of nitrogens with two attached hydrogens (primary N) is 1. The molecule has 3 aromatic rings. The van der Waals surface area contributed by atoms with Crippen LogP contribution in [-0.4, -0.2) is 9.78 Å². The topological polar surface area (TPSA) is 43.8 Å². The van der Waals surface area contributed by atoms with Crippen LogP contribution in [0.15, 0.2) is 59.3 Å². The number of anilines is 1. The molecule has 0 aliphatic heterocycles. The summed E-state index contributed by atoms with van der Waals surface area (Å²) in [6.07, 6.45) is 3.73. The maximum Gasteiger partial charge on any atom is 0.124 e. The van der Waals surface area contributed by atoms with Gasteiger partial charge in [0.05, 0.1) is 12.7 Å². The van der Waals surface area contributed by atoms with Crippen molar-refractivity contribution in [3.63, 3.8) is 0 Å². The Kier molecular flexibility index (Phi) is 3.75. The standard InChI is InChI=1S/C16H13BrFN3/c17-14-5-11(6-15(18)7-14)9-21-10-13(8-20-21)12-1-3-16(19)4-2-12/h1-8,10H,9,19H2. The fourth-order valence-corrected chi connectivity index (χ4v) is 2.68. The third-order valence-corrected chi connectivity index (χ3v) is 3.60. The van der Waals surface area contributed by atoms with E-state index in [0.717, 1.165) is 26.9 Å². The van der Waals surface area contributed by atoms with Crippen molar-refractivity contribution >= 4 is 21.6 Å². The lowest BCUT2D eigenvalue weighted by Crippen LogP contribution is -2.00. The molecule has 0 saturated carbocycles. The maximum atomic E-state index is 13.4. The van der Waals surface area contributed by atoms with E-state index in [1.165, 1.54) is 12.1 Å². The first-order chi connectivity index (χ1) is 10.1. The van der Waals surface area contributed by atoms with Gasteiger partial charge in [-0.15, -0.1) is 0 Å². The Morgan fingerprint density at radius 3 is 2.57 bits per heavy atom. The summed E-state index contributed by atoms with van der Waals surface area (Å²) in [5.74, 6) is -0.259. The van der Waals surface area contributed by atoms with Crippen LogP contribution in [0, 0.1) is 5.82 Å². The zero-order chi connectivity index (χ0) is 14.8. The van der Waals surface area contributed by atoms with Gasteiger partial charge in [-0.25, -0.2) is 4.39 Å². The molecule has 0 bridgehead atoms. The Labute approximate surface area is 130 Å². The normalized spacial score (nSPS) is 10.8. The van der Waals surface area contributed by atoms with Gasteiger partial charge in [-0.1, -0.05) is 28.1 Å². The SMILES string of the molecule is Nc1ccc(-c2cnn(Cc3cc(F)cc(Br)c3)c2)cc1. The number of aromatic nitrogens is 2. The van der Waals surface area contributed by atoms with E-state index in [-0.39, 0.29) is 5.82 Å². The monoisotopic (exact) mass is 345 g/mol. The first kappa shape index (κ1) is 13.8. The van der Waals surface area contributed by atoms with Gasteiger partial charge >= 0.3 is 0 Å². The molecule has 5 heteroatoms. The second-order valence-corrected chi connectivity index (χ2v) is 5.74.